The molecule has 11 heteroatoms. The highest BCUT2D eigenvalue weighted by Crippen LogP contribution is 2.41. The van der Waals surface area contributed by atoms with Crippen LogP contribution in [0.2, 0.25) is 0 Å². The summed E-state index contributed by atoms with van der Waals surface area (Å²) in [5.74, 6) is 0.708. The summed E-state index contributed by atoms with van der Waals surface area (Å²) >= 11 is 1.15. The molecule has 2 amide bonds. The third-order valence-corrected chi connectivity index (χ3v) is 7.19. The van der Waals surface area contributed by atoms with Gasteiger partial charge in [0.25, 0.3) is 5.91 Å². The van der Waals surface area contributed by atoms with Gasteiger partial charge in [0, 0.05) is 17.5 Å². The molecule has 0 fully saturated rings. The molecule has 212 valence electrons. The van der Waals surface area contributed by atoms with Gasteiger partial charge in [0.05, 0.1) is 66.7 Å². The number of allylic oxidation sites excluding steroid dienone is 2. The molecule has 0 bridgehead atoms. The summed E-state index contributed by atoms with van der Waals surface area (Å²) in [4.78, 5) is 26.4. The lowest BCUT2D eigenvalue weighted by Gasteiger charge is -2.28. The lowest BCUT2D eigenvalue weighted by atomic mass is 9.85. The first-order valence-electron chi connectivity index (χ1n) is 12.7. The maximum absolute atomic E-state index is 13.5. The number of thioether (sulfide) groups is 1. The van der Waals surface area contributed by atoms with Gasteiger partial charge in [-0.1, -0.05) is 11.8 Å². The first kappa shape index (κ1) is 29.2. The Kier molecular flexibility index (Phi) is 9.60. The first-order valence-corrected chi connectivity index (χ1v) is 13.7. The maximum atomic E-state index is 13.5. The minimum atomic E-state index is -0.772. The Morgan fingerprint density at radius 1 is 1.07 bits per heavy atom. The molecule has 1 aliphatic rings. The molecule has 2 heterocycles. The third kappa shape index (κ3) is 6.85. The Labute approximate surface area is 242 Å². The standard InChI is InChI=1S/C30H30N4O6S/c1-5-39-20-10-8-19(9-11-20)33-29(36)27-18(2)32-30(22(16-31)28(27)24-7-6-14-40-24)41-17-26(35)34-23-13-12-21(37-3)15-25(23)38-4/h6-15,28,32H,5,17H2,1-4H3,(H,33,36)(H,34,35). The van der Waals surface area contributed by atoms with Crippen LogP contribution >= 0.6 is 11.8 Å². The molecule has 1 unspecified atom stereocenters. The van der Waals surface area contributed by atoms with Crippen LogP contribution in [0.15, 0.2) is 87.1 Å². The Morgan fingerprint density at radius 2 is 1.83 bits per heavy atom. The second-order valence-electron chi connectivity index (χ2n) is 8.78. The number of methoxy groups -OCH3 is 2. The fourth-order valence-corrected chi connectivity index (χ4v) is 5.18. The molecule has 0 saturated carbocycles. The van der Waals surface area contributed by atoms with E-state index in [0.717, 1.165) is 11.8 Å². The van der Waals surface area contributed by atoms with Crippen molar-refractivity contribution in [3.8, 4) is 23.3 Å². The van der Waals surface area contributed by atoms with E-state index < -0.39 is 5.92 Å². The molecule has 3 aromatic rings. The average molecular weight is 575 g/mol. The van der Waals surface area contributed by atoms with Gasteiger partial charge in [-0.25, -0.2) is 0 Å². The Balaban J connectivity index is 1.54. The lowest BCUT2D eigenvalue weighted by Crippen LogP contribution is -2.31. The summed E-state index contributed by atoms with van der Waals surface area (Å²) in [5, 5.41) is 19.6. The number of benzene rings is 2. The molecular formula is C30H30N4O6S. The van der Waals surface area contributed by atoms with Crippen molar-refractivity contribution in [3.63, 3.8) is 0 Å². The number of rotatable bonds is 11. The zero-order valence-electron chi connectivity index (χ0n) is 23.1. The number of hydrogen-bond donors (Lipinski definition) is 3. The van der Waals surface area contributed by atoms with E-state index in [9.17, 15) is 14.9 Å². The van der Waals surface area contributed by atoms with Gasteiger partial charge in [-0.3, -0.25) is 9.59 Å². The number of ether oxygens (including phenoxy) is 3. The van der Waals surface area contributed by atoms with Crippen LogP contribution in [0.4, 0.5) is 11.4 Å². The van der Waals surface area contributed by atoms with E-state index in [1.807, 2.05) is 6.92 Å². The SMILES string of the molecule is CCOc1ccc(NC(=O)C2=C(C)NC(SCC(=O)Nc3ccc(OC)cc3OC)=C(C#N)C2c2ccco2)cc1. The molecule has 4 rings (SSSR count). The summed E-state index contributed by atoms with van der Waals surface area (Å²) < 4.78 is 21.7. The molecule has 0 radical (unpaired) electrons. The van der Waals surface area contributed by atoms with Crippen molar-refractivity contribution in [2.24, 2.45) is 0 Å². The quantitative estimate of drug-likeness (QED) is 0.275. The number of dihydropyridines is 1. The molecule has 1 aromatic heterocycles. The van der Waals surface area contributed by atoms with E-state index >= 15 is 0 Å². The van der Waals surface area contributed by atoms with Gasteiger partial charge in [0.15, 0.2) is 0 Å². The Morgan fingerprint density at radius 3 is 2.46 bits per heavy atom. The largest absolute Gasteiger partial charge is 0.497 e. The van der Waals surface area contributed by atoms with Gasteiger partial charge < -0.3 is 34.6 Å². The van der Waals surface area contributed by atoms with Crippen molar-refractivity contribution in [1.29, 1.82) is 5.26 Å². The number of anilines is 2. The van der Waals surface area contributed by atoms with Gasteiger partial charge >= 0.3 is 0 Å². The monoisotopic (exact) mass is 574 g/mol. The molecule has 2 aromatic carbocycles. The minimum absolute atomic E-state index is 0.00540. The molecule has 1 atom stereocenters. The molecule has 41 heavy (non-hydrogen) atoms. The number of amides is 2. The van der Waals surface area contributed by atoms with Crippen molar-refractivity contribution < 1.29 is 28.2 Å². The number of nitriles is 1. The predicted molar refractivity (Wildman–Crippen MR) is 157 cm³/mol. The molecule has 0 aliphatic carbocycles. The zero-order valence-corrected chi connectivity index (χ0v) is 23.9. The predicted octanol–water partition coefficient (Wildman–Crippen LogP) is 5.40. The topological polar surface area (TPSA) is 135 Å². The first-order chi connectivity index (χ1) is 19.9. The van der Waals surface area contributed by atoms with E-state index in [4.69, 9.17) is 18.6 Å². The molecule has 3 N–H and O–H groups in total. The highest BCUT2D eigenvalue weighted by Gasteiger charge is 2.36. The van der Waals surface area contributed by atoms with Gasteiger partial charge in [0.1, 0.15) is 23.0 Å². The van der Waals surface area contributed by atoms with Crippen LogP contribution in [-0.2, 0) is 9.59 Å². The average Bonchev–Trinajstić information content (AvgIpc) is 3.51. The van der Waals surface area contributed by atoms with Crippen LogP contribution in [0.5, 0.6) is 17.2 Å². The van der Waals surface area contributed by atoms with E-state index in [-0.39, 0.29) is 23.1 Å². The molecule has 0 saturated heterocycles. The summed E-state index contributed by atoms with van der Waals surface area (Å²) in [7, 11) is 3.05. The maximum Gasteiger partial charge on any atom is 0.254 e. The molecule has 10 nitrogen and oxygen atoms in total. The summed E-state index contributed by atoms with van der Waals surface area (Å²) in [6.45, 7) is 4.18. The van der Waals surface area contributed by atoms with E-state index in [2.05, 4.69) is 22.0 Å². The fraction of sp³-hybridized carbons (Fsp3) is 0.233. The van der Waals surface area contributed by atoms with E-state index in [0.29, 0.717) is 57.3 Å². The van der Waals surface area contributed by atoms with Crippen molar-refractivity contribution in [2.45, 2.75) is 19.8 Å². The van der Waals surface area contributed by atoms with Crippen LogP contribution < -0.4 is 30.2 Å². The summed E-state index contributed by atoms with van der Waals surface area (Å²) in [6, 6.07) is 17.7. The second-order valence-corrected chi connectivity index (χ2v) is 9.77. The number of carbonyl (C=O) groups excluding carboxylic acids is 2. The number of furan rings is 1. The second kappa shape index (κ2) is 13.5. The van der Waals surface area contributed by atoms with Crippen molar-refractivity contribution in [2.75, 3.05) is 37.2 Å². The van der Waals surface area contributed by atoms with Crippen LogP contribution in [0.3, 0.4) is 0 Å². The lowest BCUT2D eigenvalue weighted by molar-refractivity contribution is -0.114. The Bertz CT molecular complexity index is 1510. The number of hydrogen-bond acceptors (Lipinski definition) is 9. The van der Waals surface area contributed by atoms with Crippen molar-refractivity contribution in [1.82, 2.24) is 5.32 Å². The van der Waals surface area contributed by atoms with Gasteiger partial charge in [-0.2, -0.15) is 5.26 Å². The number of nitrogens with zero attached hydrogens (tertiary/aromatic N) is 1. The normalized spacial score (nSPS) is 14.6. The number of nitrogens with one attached hydrogen (secondary N) is 3. The fourth-order valence-electron chi connectivity index (χ4n) is 4.29. The number of carbonyl (C=O) groups is 2. The van der Waals surface area contributed by atoms with Gasteiger partial charge in [0.2, 0.25) is 5.91 Å². The third-order valence-electron chi connectivity index (χ3n) is 6.17. The Hall–Kier alpha value is -4.82. The van der Waals surface area contributed by atoms with E-state index in [1.165, 1.54) is 13.4 Å². The van der Waals surface area contributed by atoms with Gasteiger partial charge in [-0.15, -0.1) is 0 Å². The summed E-state index contributed by atoms with van der Waals surface area (Å²) in [6.07, 6.45) is 1.49. The minimum Gasteiger partial charge on any atom is -0.497 e. The van der Waals surface area contributed by atoms with Crippen LogP contribution in [0, 0.1) is 11.3 Å². The van der Waals surface area contributed by atoms with Crippen LogP contribution in [-0.4, -0.2) is 38.4 Å². The van der Waals surface area contributed by atoms with E-state index in [1.54, 1.807) is 68.6 Å². The van der Waals surface area contributed by atoms with Crippen LogP contribution in [0.25, 0.3) is 0 Å². The molecule has 1 aliphatic heterocycles. The summed E-state index contributed by atoms with van der Waals surface area (Å²) in [5.41, 5.74) is 2.20. The molecule has 0 spiro atoms. The van der Waals surface area contributed by atoms with Crippen LogP contribution in [0.1, 0.15) is 25.5 Å². The van der Waals surface area contributed by atoms with Crippen molar-refractivity contribution >= 4 is 35.0 Å². The van der Waals surface area contributed by atoms with Gasteiger partial charge in [-0.05, 0) is 62.4 Å². The zero-order chi connectivity index (χ0) is 29.4. The highest BCUT2D eigenvalue weighted by atomic mass is 32.2. The smallest absolute Gasteiger partial charge is 0.254 e. The molecular weight excluding hydrogens is 544 g/mol. The van der Waals surface area contributed by atoms with Crippen molar-refractivity contribution in [3.05, 3.63) is 88.5 Å². The highest BCUT2D eigenvalue weighted by molar-refractivity contribution is 8.03.